The van der Waals surface area contributed by atoms with E-state index >= 15 is 0 Å². The standard InChI is InChI=1S/C11H14N4OS/c1-7-9(10(12)17)11(15(2)14-7)13-6-8-4-3-5-16-8/h3-5,13H,6H2,1-2H3,(H2,12,17). The predicted molar refractivity (Wildman–Crippen MR) is 69.9 cm³/mol. The summed E-state index contributed by atoms with van der Waals surface area (Å²) >= 11 is 5.03. The molecule has 0 atom stereocenters. The van der Waals surface area contributed by atoms with E-state index in [1.54, 1.807) is 10.9 Å². The number of rotatable bonds is 4. The molecule has 2 rings (SSSR count). The molecule has 0 saturated carbocycles. The van der Waals surface area contributed by atoms with Crippen LogP contribution in [-0.4, -0.2) is 14.8 Å². The molecule has 0 radical (unpaired) electrons. The number of hydrogen-bond donors (Lipinski definition) is 2. The Morgan fingerprint density at radius 2 is 2.41 bits per heavy atom. The Hall–Kier alpha value is -1.82. The van der Waals surface area contributed by atoms with Crippen LogP contribution in [0.1, 0.15) is 17.0 Å². The number of furan rings is 1. The molecular weight excluding hydrogens is 236 g/mol. The van der Waals surface area contributed by atoms with Gasteiger partial charge in [-0.15, -0.1) is 0 Å². The Labute approximate surface area is 105 Å². The van der Waals surface area contributed by atoms with Gasteiger partial charge in [-0.2, -0.15) is 5.10 Å². The van der Waals surface area contributed by atoms with Crippen molar-refractivity contribution < 1.29 is 4.42 Å². The Balaban J connectivity index is 2.23. The Bertz CT molecular complexity index is 530. The van der Waals surface area contributed by atoms with Crippen LogP contribution in [0.5, 0.6) is 0 Å². The number of thiocarbonyl (C=S) groups is 1. The molecule has 0 unspecified atom stereocenters. The molecule has 0 spiro atoms. The van der Waals surface area contributed by atoms with Crippen LogP contribution >= 0.6 is 12.2 Å². The summed E-state index contributed by atoms with van der Waals surface area (Å²) in [6.07, 6.45) is 1.64. The Morgan fingerprint density at radius 3 is 3.00 bits per heavy atom. The molecule has 0 aliphatic carbocycles. The molecule has 17 heavy (non-hydrogen) atoms. The van der Waals surface area contributed by atoms with Crippen molar-refractivity contribution in [3.05, 3.63) is 35.4 Å². The quantitative estimate of drug-likeness (QED) is 0.806. The van der Waals surface area contributed by atoms with E-state index in [9.17, 15) is 0 Å². The average Bonchev–Trinajstić information content (AvgIpc) is 2.83. The lowest BCUT2D eigenvalue weighted by Gasteiger charge is -2.07. The van der Waals surface area contributed by atoms with Gasteiger partial charge in [0.1, 0.15) is 16.6 Å². The third-order valence-electron chi connectivity index (χ3n) is 2.48. The molecule has 5 nitrogen and oxygen atoms in total. The van der Waals surface area contributed by atoms with Gasteiger partial charge in [-0.25, -0.2) is 0 Å². The summed E-state index contributed by atoms with van der Waals surface area (Å²) in [4.78, 5) is 0.345. The van der Waals surface area contributed by atoms with E-state index in [0.717, 1.165) is 22.8 Å². The van der Waals surface area contributed by atoms with Gasteiger partial charge in [0.05, 0.1) is 24.1 Å². The normalized spacial score (nSPS) is 10.5. The summed E-state index contributed by atoms with van der Waals surface area (Å²) in [5.41, 5.74) is 7.30. The van der Waals surface area contributed by atoms with Crippen LogP contribution in [0.3, 0.4) is 0 Å². The highest BCUT2D eigenvalue weighted by Gasteiger charge is 2.15. The van der Waals surface area contributed by atoms with Crippen LogP contribution in [-0.2, 0) is 13.6 Å². The van der Waals surface area contributed by atoms with Crippen molar-refractivity contribution in [3.63, 3.8) is 0 Å². The fourth-order valence-corrected chi connectivity index (χ4v) is 1.98. The lowest BCUT2D eigenvalue weighted by molar-refractivity contribution is 0.517. The minimum absolute atomic E-state index is 0.345. The summed E-state index contributed by atoms with van der Waals surface area (Å²) in [5, 5.41) is 7.51. The highest BCUT2D eigenvalue weighted by molar-refractivity contribution is 7.80. The second-order valence-corrected chi connectivity index (χ2v) is 4.17. The van der Waals surface area contributed by atoms with E-state index in [-0.39, 0.29) is 0 Å². The van der Waals surface area contributed by atoms with Crippen molar-refractivity contribution in [1.29, 1.82) is 0 Å². The molecule has 90 valence electrons. The van der Waals surface area contributed by atoms with Crippen molar-refractivity contribution in [2.75, 3.05) is 5.32 Å². The molecule has 0 amide bonds. The number of nitrogens with zero attached hydrogens (tertiary/aromatic N) is 2. The number of aromatic nitrogens is 2. The van der Waals surface area contributed by atoms with Gasteiger partial charge < -0.3 is 15.5 Å². The van der Waals surface area contributed by atoms with Crippen LogP contribution in [0.15, 0.2) is 22.8 Å². The fourth-order valence-electron chi connectivity index (χ4n) is 1.74. The minimum Gasteiger partial charge on any atom is -0.467 e. The summed E-state index contributed by atoms with van der Waals surface area (Å²) < 4.78 is 6.97. The van der Waals surface area contributed by atoms with Gasteiger partial charge in [0.2, 0.25) is 0 Å². The van der Waals surface area contributed by atoms with Crippen LogP contribution < -0.4 is 11.1 Å². The first-order valence-corrected chi connectivity index (χ1v) is 5.60. The van der Waals surface area contributed by atoms with E-state index in [1.807, 2.05) is 26.1 Å². The molecule has 0 bridgehead atoms. The second-order valence-electron chi connectivity index (χ2n) is 3.73. The van der Waals surface area contributed by atoms with E-state index in [4.69, 9.17) is 22.4 Å². The van der Waals surface area contributed by atoms with Gasteiger partial charge in [-0.1, -0.05) is 12.2 Å². The maximum atomic E-state index is 5.69. The van der Waals surface area contributed by atoms with Crippen LogP contribution in [0.2, 0.25) is 0 Å². The zero-order chi connectivity index (χ0) is 12.4. The van der Waals surface area contributed by atoms with Gasteiger partial charge >= 0.3 is 0 Å². The summed E-state index contributed by atoms with van der Waals surface area (Å²) in [5.74, 6) is 1.66. The smallest absolute Gasteiger partial charge is 0.134 e. The highest BCUT2D eigenvalue weighted by atomic mass is 32.1. The molecule has 0 aromatic carbocycles. The first kappa shape index (κ1) is 11.7. The van der Waals surface area contributed by atoms with Crippen molar-refractivity contribution in [3.8, 4) is 0 Å². The molecule has 0 fully saturated rings. The van der Waals surface area contributed by atoms with Gasteiger partial charge in [0.25, 0.3) is 0 Å². The summed E-state index contributed by atoms with van der Waals surface area (Å²) in [7, 11) is 1.85. The van der Waals surface area contributed by atoms with Gasteiger partial charge in [0, 0.05) is 7.05 Å². The molecule has 2 aromatic heterocycles. The maximum Gasteiger partial charge on any atom is 0.134 e. The van der Waals surface area contributed by atoms with E-state index < -0.39 is 0 Å². The zero-order valence-corrected chi connectivity index (χ0v) is 10.5. The van der Waals surface area contributed by atoms with E-state index in [0.29, 0.717) is 11.5 Å². The Morgan fingerprint density at radius 1 is 1.65 bits per heavy atom. The summed E-state index contributed by atoms with van der Waals surface area (Å²) in [6, 6.07) is 3.75. The van der Waals surface area contributed by atoms with Gasteiger partial charge in [0.15, 0.2) is 0 Å². The molecule has 0 saturated heterocycles. The van der Waals surface area contributed by atoms with Gasteiger partial charge in [-0.05, 0) is 19.1 Å². The molecule has 2 heterocycles. The van der Waals surface area contributed by atoms with Crippen molar-refractivity contribution in [2.45, 2.75) is 13.5 Å². The third kappa shape index (κ3) is 2.31. The average molecular weight is 250 g/mol. The van der Waals surface area contributed by atoms with Crippen LogP contribution in [0, 0.1) is 6.92 Å². The highest BCUT2D eigenvalue weighted by Crippen LogP contribution is 2.19. The molecule has 6 heteroatoms. The molecule has 3 N–H and O–H groups in total. The van der Waals surface area contributed by atoms with Crippen LogP contribution in [0.25, 0.3) is 0 Å². The number of nitrogens with one attached hydrogen (secondary N) is 1. The third-order valence-corrected chi connectivity index (χ3v) is 2.68. The topological polar surface area (TPSA) is 69.0 Å². The fraction of sp³-hybridized carbons (Fsp3) is 0.273. The minimum atomic E-state index is 0.345. The van der Waals surface area contributed by atoms with Crippen molar-refractivity contribution in [1.82, 2.24) is 9.78 Å². The first-order chi connectivity index (χ1) is 8.09. The lowest BCUT2D eigenvalue weighted by Crippen LogP contribution is -2.14. The Kier molecular flexibility index (Phi) is 3.14. The maximum absolute atomic E-state index is 5.69. The van der Waals surface area contributed by atoms with Gasteiger partial charge in [-0.3, -0.25) is 4.68 Å². The molecule has 0 aliphatic heterocycles. The number of nitrogens with two attached hydrogens (primary N) is 1. The van der Waals surface area contributed by atoms with Crippen LogP contribution in [0.4, 0.5) is 5.82 Å². The largest absolute Gasteiger partial charge is 0.467 e. The SMILES string of the molecule is Cc1nn(C)c(NCc2ccco2)c1C(N)=S. The molecule has 0 aliphatic rings. The van der Waals surface area contributed by atoms with E-state index in [2.05, 4.69) is 10.4 Å². The monoisotopic (exact) mass is 250 g/mol. The van der Waals surface area contributed by atoms with Crippen molar-refractivity contribution in [2.24, 2.45) is 12.8 Å². The van der Waals surface area contributed by atoms with Crippen molar-refractivity contribution >= 4 is 23.0 Å². The predicted octanol–water partition coefficient (Wildman–Crippen LogP) is 1.57. The molecular formula is C11H14N4OS. The van der Waals surface area contributed by atoms with E-state index in [1.165, 1.54) is 0 Å². The molecule has 2 aromatic rings. The zero-order valence-electron chi connectivity index (χ0n) is 9.73. The lowest BCUT2D eigenvalue weighted by atomic mass is 10.2. The first-order valence-electron chi connectivity index (χ1n) is 5.19. The summed E-state index contributed by atoms with van der Waals surface area (Å²) in [6.45, 7) is 2.45. The number of anilines is 1. The second kappa shape index (κ2) is 4.58. The number of hydrogen-bond acceptors (Lipinski definition) is 4. The number of aryl methyl sites for hydroxylation is 2.